The van der Waals surface area contributed by atoms with Gasteiger partial charge < -0.3 is 14.0 Å². The number of hydrogen-bond acceptors (Lipinski definition) is 8. The second kappa shape index (κ2) is 11.8. The van der Waals surface area contributed by atoms with Crippen LogP contribution in [0.25, 0.3) is 10.2 Å². The number of nitrogens with zero attached hydrogens (tertiary/aromatic N) is 3. The maximum Gasteiger partial charge on any atom is 0.337 e. The van der Waals surface area contributed by atoms with Crippen LogP contribution in [-0.2, 0) is 43.8 Å². The van der Waals surface area contributed by atoms with E-state index in [1.54, 1.807) is 29.7 Å². The monoisotopic (exact) mass is 593 g/mol. The number of rotatable bonds is 7. The average Bonchev–Trinajstić information content (AvgIpc) is 3.32. The van der Waals surface area contributed by atoms with Gasteiger partial charge in [0.15, 0.2) is 4.80 Å². The lowest BCUT2D eigenvalue weighted by molar-refractivity contribution is -0.143. The van der Waals surface area contributed by atoms with Crippen LogP contribution in [0.1, 0.15) is 38.8 Å². The molecule has 1 aromatic heterocycles. The molecule has 5 rings (SSSR count). The van der Waals surface area contributed by atoms with E-state index in [-0.39, 0.29) is 28.4 Å². The minimum absolute atomic E-state index is 0.0861. The number of carbonyl (C=O) groups is 3. The number of benzene rings is 3. The molecule has 1 aliphatic heterocycles. The van der Waals surface area contributed by atoms with Gasteiger partial charge in [0.2, 0.25) is 10.0 Å². The van der Waals surface area contributed by atoms with E-state index in [0.717, 1.165) is 22.5 Å². The lowest BCUT2D eigenvalue weighted by Gasteiger charge is -2.28. The molecule has 0 unspecified atom stereocenters. The second-order valence-electron chi connectivity index (χ2n) is 9.25. The lowest BCUT2D eigenvalue weighted by atomic mass is 10.0. The minimum atomic E-state index is -3.76. The fraction of sp³-hybridized carbons (Fsp3) is 0.241. The third-order valence-electron chi connectivity index (χ3n) is 6.73. The number of carbonyl (C=O) groups excluding carboxylic acids is 3. The van der Waals surface area contributed by atoms with Crippen molar-refractivity contribution in [2.75, 3.05) is 20.3 Å². The molecule has 10 nitrogen and oxygen atoms in total. The van der Waals surface area contributed by atoms with E-state index in [1.807, 2.05) is 24.3 Å². The molecule has 0 atom stereocenters. The molecule has 41 heavy (non-hydrogen) atoms. The Hall–Kier alpha value is -4.13. The van der Waals surface area contributed by atoms with E-state index in [4.69, 9.17) is 9.47 Å². The molecule has 0 fully saturated rings. The fourth-order valence-corrected chi connectivity index (χ4v) is 7.12. The van der Waals surface area contributed by atoms with Gasteiger partial charge in [0.05, 0.1) is 34.4 Å². The molecule has 2 heterocycles. The lowest BCUT2D eigenvalue weighted by Crippen LogP contribution is -2.35. The van der Waals surface area contributed by atoms with Crippen LogP contribution in [0.4, 0.5) is 0 Å². The number of esters is 2. The minimum Gasteiger partial charge on any atom is -0.465 e. The summed E-state index contributed by atoms with van der Waals surface area (Å²) in [5.41, 5.74) is 3.21. The molecule has 212 valence electrons. The zero-order valence-electron chi connectivity index (χ0n) is 22.4. The van der Waals surface area contributed by atoms with Crippen LogP contribution >= 0.6 is 11.3 Å². The number of fused-ring (bicyclic) bond motifs is 2. The molecule has 0 saturated carbocycles. The molecule has 1 aliphatic rings. The Morgan fingerprint density at radius 1 is 0.976 bits per heavy atom. The smallest absolute Gasteiger partial charge is 0.337 e. The van der Waals surface area contributed by atoms with Gasteiger partial charge in [-0.3, -0.25) is 9.59 Å². The zero-order chi connectivity index (χ0) is 29.1. The van der Waals surface area contributed by atoms with Crippen LogP contribution in [-0.4, -0.2) is 55.4 Å². The summed E-state index contributed by atoms with van der Waals surface area (Å²) in [5.74, 6) is -1.64. The number of thiazole rings is 1. The Labute approximate surface area is 240 Å². The number of amides is 1. The first-order valence-electron chi connectivity index (χ1n) is 12.8. The van der Waals surface area contributed by atoms with Crippen LogP contribution < -0.4 is 4.80 Å². The van der Waals surface area contributed by atoms with Gasteiger partial charge >= 0.3 is 11.9 Å². The summed E-state index contributed by atoms with van der Waals surface area (Å²) in [5, 5.41) is 0. The highest BCUT2D eigenvalue weighted by atomic mass is 32.2. The summed E-state index contributed by atoms with van der Waals surface area (Å²) < 4.78 is 40.1. The van der Waals surface area contributed by atoms with Gasteiger partial charge in [-0.25, -0.2) is 13.2 Å². The van der Waals surface area contributed by atoms with Crippen molar-refractivity contribution in [2.45, 2.75) is 31.3 Å². The Balaban J connectivity index is 1.44. The normalized spacial score (nSPS) is 14.0. The van der Waals surface area contributed by atoms with Crippen LogP contribution in [0.5, 0.6) is 0 Å². The van der Waals surface area contributed by atoms with E-state index in [2.05, 4.69) is 4.99 Å². The third-order valence-corrected chi connectivity index (χ3v) is 9.63. The van der Waals surface area contributed by atoms with Crippen LogP contribution in [0.3, 0.4) is 0 Å². The molecule has 0 bridgehead atoms. The summed E-state index contributed by atoms with van der Waals surface area (Å²) in [6.07, 6.45) is 0.632. The quantitative estimate of drug-likeness (QED) is 0.300. The Kier molecular flexibility index (Phi) is 8.15. The highest BCUT2D eigenvalue weighted by Crippen LogP contribution is 2.25. The largest absolute Gasteiger partial charge is 0.465 e. The molecule has 0 spiro atoms. The summed E-state index contributed by atoms with van der Waals surface area (Å²) in [6.45, 7) is 2.37. The van der Waals surface area contributed by atoms with Crippen molar-refractivity contribution in [2.24, 2.45) is 4.99 Å². The van der Waals surface area contributed by atoms with Gasteiger partial charge in [0.25, 0.3) is 5.91 Å². The summed E-state index contributed by atoms with van der Waals surface area (Å²) >= 11 is 1.13. The summed E-state index contributed by atoms with van der Waals surface area (Å²) in [7, 11) is -2.48. The predicted octanol–water partition coefficient (Wildman–Crippen LogP) is 3.54. The molecule has 3 aromatic carbocycles. The van der Waals surface area contributed by atoms with Crippen LogP contribution in [0.2, 0.25) is 0 Å². The predicted molar refractivity (Wildman–Crippen MR) is 152 cm³/mol. The highest BCUT2D eigenvalue weighted by molar-refractivity contribution is 7.89. The number of ether oxygens (including phenoxy) is 2. The molecule has 0 N–H and O–H groups in total. The molecule has 0 saturated heterocycles. The molecule has 1 amide bonds. The van der Waals surface area contributed by atoms with Crippen molar-refractivity contribution in [1.82, 2.24) is 8.87 Å². The molecule has 0 radical (unpaired) electrons. The van der Waals surface area contributed by atoms with Crippen molar-refractivity contribution in [3.8, 4) is 0 Å². The fourth-order valence-electron chi connectivity index (χ4n) is 4.64. The first kappa shape index (κ1) is 28.4. The molecular weight excluding hydrogens is 566 g/mol. The van der Waals surface area contributed by atoms with Gasteiger partial charge in [-0.15, -0.1) is 0 Å². The maximum absolute atomic E-state index is 13.3. The zero-order valence-corrected chi connectivity index (χ0v) is 24.0. The first-order valence-corrected chi connectivity index (χ1v) is 15.1. The molecule has 0 aliphatic carbocycles. The molecule has 4 aromatic rings. The average molecular weight is 594 g/mol. The van der Waals surface area contributed by atoms with Crippen LogP contribution in [0, 0.1) is 0 Å². The van der Waals surface area contributed by atoms with Crippen molar-refractivity contribution in [1.29, 1.82) is 0 Å². The van der Waals surface area contributed by atoms with Crippen molar-refractivity contribution in [3.05, 3.63) is 93.8 Å². The van der Waals surface area contributed by atoms with Gasteiger partial charge in [-0.2, -0.15) is 9.30 Å². The molecule has 12 heteroatoms. The van der Waals surface area contributed by atoms with E-state index < -0.39 is 27.9 Å². The number of methoxy groups -OCH3 is 1. The van der Waals surface area contributed by atoms with Gasteiger partial charge in [0, 0.05) is 18.7 Å². The van der Waals surface area contributed by atoms with Gasteiger partial charge in [0.1, 0.15) is 6.54 Å². The van der Waals surface area contributed by atoms with Gasteiger partial charge in [-0.1, -0.05) is 35.6 Å². The second-order valence-corrected chi connectivity index (χ2v) is 12.2. The number of sulfonamides is 1. The topological polar surface area (TPSA) is 124 Å². The van der Waals surface area contributed by atoms with E-state index >= 15 is 0 Å². The van der Waals surface area contributed by atoms with Crippen LogP contribution in [0.15, 0.2) is 76.6 Å². The third kappa shape index (κ3) is 5.85. The highest BCUT2D eigenvalue weighted by Gasteiger charge is 2.28. The Bertz CT molecular complexity index is 1820. The van der Waals surface area contributed by atoms with E-state index in [9.17, 15) is 22.8 Å². The van der Waals surface area contributed by atoms with Crippen molar-refractivity contribution in [3.63, 3.8) is 0 Å². The Morgan fingerprint density at radius 3 is 2.39 bits per heavy atom. The standard InChI is InChI=1S/C29H27N3O7S2/c1-3-39-26(33)18-32-24-13-10-21(28(35)38-2)16-25(24)40-29(32)30-27(34)20-8-11-23(12-9-20)41(36,37)31-15-14-19-6-4-5-7-22(19)17-31/h4-13,16H,3,14-15,17-18H2,1-2H3. The van der Waals surface area contributed by atoms with Gasteiger partial charge in [-0.05, 0) is 66.9 Å². The molecular formula is C29H27N3O7S2. The Morgan fingerprint density at radius 2 is 1.68 bits per heavy atom. The number of hydrogen-bond donors (Lipinski definition) is 0. The van der Waals surface area contributed by atoms with E-state index in [0.29, 0.717) is 35.3 Å². The number of aromatic nitrogens is 1. The van der Waals surface area contributed by atoms with E-state index in [1.165, 1.54) is 35.7 Å². The maximum atomic E-state index is 13.3. The summed E-state index contributed by atoms with van der Waals surface area (Å²) in [6, 6.07) is 18.3. The first-order chi connectivity index (χ1) is 19.7. The summed E-state index contributed by atoms with van der Waals surface area (Å²) in [4.78, 5) is 42.0. The van der Waals surface area contributed by atoms with Crippen molar-refractivity contribution < 1.29 is 32.3 Å². The van der Waals surface area contributed by atoms with Crippen molar-refractivity contribution >= 4 is 49.4 Å². The SMILES string of the molecule is CCOC(=O)Cn1c(=NC(=O)c2ccc(S(=O)(=O)N3CCc4ccccc4C3)cc2)sc2cc(C(=O)OC)ccc21.